The van der Waals surface area contributed by atoms with Gasteiger partial charge in [-0.3, -0.25) is 0 Å². The number of anilines is 1. The smallest absolute Gasteiger partial charge is 0.222 e. The summed E-state index contributed by atoms with van der Waals surface area (Å²) in [6.07, 6.45) is 5.29. The van der Waals surface area contributed by atoms with Crippen LogP contribution in [0.1, 0.15) is 24.1 Å². The molecule has 1 atom stereocenters. The SMILES string of the molecule is c1nc(NCC2CCCN2)nc2c1COCC2. The van der Waals surface area contributed by atoms with Crippen molar-refractivity contribution >= 4 is 5.95 Å². The molecule has 0 saturated carbocycles. The third kappa shape index (κ3) is 2.56. The van der Waals surface area contributed by atoms with Gasteiger partial charge in [0.15, 0.2) is 0 Å². The third-order valence-corrected chi connectivity index (χ3v) is 3.36. The van der Waals surface area contributed by atoms with Crippen LogP contribution in [0, 0.1) is 0 Å². The van der Waals surface area contributed by atoms with Crippen molar-refractivity contribution < 1.29 is 4.74 Å². The summed E-state index contributed by atoms with van der Waals surface area (Å²) in [5, 5.41) is 6.76. The van der Waals surface area contributed by atoms with E-state index in [0.29, 0.717) is 12.6 Å². The fourth-order valence-corrected chi connectivity index (χ4v) is 2.36. The van der Waals surface area contributed by atoms with Crippen LogP contribution in [0.4, 0.5) is 5.95 Å². The molecule has 1 aromatic rings. The third-order valence-electron chi connectivity index (χ3n) is 3.36. The quantitative estimate of drug-likeness (QED) is 0.806. The van der Waals surface area contributed by atoms with Gasteiger partial charge in [0, 0.05) is 30.8 Å². The average Bonchev–Trinajstić information content (AvgIpc) is 2.89. The van der Waals surface area contributed by atoms with Crippen LogP contribution in [0.25, 0.3) is 0 Å². The zero-order valence-electron chi connectivity index (χ0n) is 9.91. The summed E-state index contributed by atoms with van der Waals surface area (Å²) in [4.78, 5) is 8.87. The zero-order valence-corrected chi connectivity index (χ0v) is 9.91. The summed E-state index contributed by atoms with van der Waals surface area (Å²) < 4.78 is 5.37. The molecule has 1 aromatic heterocycles. The molecule has 2 N–H and O–H groups in total. The fourth-order valence-electron chi connectivity index (χ4n) is 2.36. The highest BCUT2D eigenvalue weighted by Gasteiger charge is 2.15. The second-order valence-corrected chi connectivity index (χ2v) is 4.64. The first kappa shape index (κ1) is 10.9. The van der Waals surface area contributed by atoms with Gasteiger partial charge in [0.2, 0.25) is 5.95 Å². The maximum absolute atomic E-state index is 5.37. The van der Waals surface area contributed by atoms with Gasteiger partial charge in [-0.1, -0.05) is 0 Å². The summed E-state index contributed by atoms with van der Waals surface area (Å²) in [6, 6.07) is 0.568. The fraction of sp³-hybridized carbons (Fsp3) is 0.667. The second kappa shape index (κ2) is 4.98. The van der Waals surface area contributed by atoms with E-state index < -0.39 is 0 Å². The molecule has 0 aliphatic carbocycles. The summed E-state index contributed by atoms with van der Waals surface area (Å²) in [6.45, 7) is 3.47. The maximum Gasteiger partial charge on any atom is 0.222 e. The lowest BCUT2D eigenvalue weighted by atomic mass is 10.1. The van der Waals surface area contributed by atoms with Gasteiger partial charge < -0.3 is 15.4 Å². The molecular formula is C12H18N4O. The molecule has 5 nitrogen and oxygen atoms in total. The van der Waals surface area contributed by atoms with Crippen molar-refractivity contribution in [1.82, 2.24) is 15.3 Å². The number of nitrogens with one attached hydrogen (secondary N) is 2. The van der Waals surface area contributed by atoms with E-state index in [4.69, 9.17) is 4.74 Å². The monoisotopic (exact) mass is 234 g/mol. The van der Waals surface area contributed by atoms with Crippen LogP contribution in [0.3, 0.4) is 0 Å². The van der Waals surface area contributed by atoms with Crippen LogP contribution in [0.5, 0.6) is 0 Å². The molecular weight excluding hydrogens is 216 g/mol. The summed E-state index contributed by atoms with van der Waals surface area (Å²) in [5.74, 6) is 0.749. The Bertz CT molecular complexity index is 390. The normalized spacial score (nSPS) is 23.4. The molecule has 17 heavy (non-hydrogen) atoms. The van der Waals surface area contributed by atoms with Crippen LogP contribution in [-0.4, -0.2) is 35.7 Å². The Morgan fingerprint density at radius 3 is 3.41 bits per heavy atom. The van der Waals surface area contributed by atoms with Crippen molar-refractivity contribution in [2.75, 3.05) is 25.0 Å². The first-order valence-corrected chi connectivity index (χ1v) is 6.31. The highest BCUT2D eigenvalue weighted by atomic mass is 16.5. The van der Waals surface area contributed by atoms with E-state index in [1.165, 1.54) is 12.8 Å². The number of nitrogens with zero attached hydrogens (tertiary/aromatic N) is 2. The van der Waals surface area contributed by atoms with Gasteiger partial charge >= 0.3 is 0 Å². The van der Waals surface area contributed by atoms with E-state index in [0.717, 1.165) is 43.3 Å². The van der Waals surface area contributed by atoms with Crippen molar-refractivity contribution in [3.63, 3.8) is 0 Å². The Morgan fingerprint density at radius 1 is 1.53 bits per heavy atom. The molecule has 0 bridgehead atoms. The van der Waals surface area contributed by atoms with Crippen LogP contribution in [0.15, 0.2) is 6.20 Å². The van der Waals surface area contributed by atoms with Crippen LogP contribution >= 0.6 is 0 Å². The summed E-state index contributed by atoms with van der Waals surface area (Å²) in [7, 11) is 0. The van der Waals surface area contributed by atoms with E-state index in [2.05, 4.69) is 20.6 Å². The largest absolute Gasteiger partial charge is 0.376 e. The molecule has 5 heteroatoms. The lowest BCUT2D eigenvalue weighted by Gasteiger charge is -2.16. The molecule has 1 unspecified atom stereocenters. The molecule has 0 aromatic carbocycles. The maximum atomic E-state index is 5.37. The van der Waals surface area contributed by atoms with Gasteiger partial charge in [-0.2, -0.15) is 0 Å². The van der Waals surface area contributed by atoms with Crippen LogP contribution in [-0.2, 0) is 17.8 Å². The molecule has 2 aliphatic rings. The molecule has 3 rings (SSSR count). The number of ether oxygens (including phenoxy) is 1. The average molecular weight is 234 g/mol. The highest BCUT2D eigenvalue weighted by molar-refractivity contribution is 5.30. The number of aromatic nitrogens is 2. The van der Waals surface area contributed by atoms with Crippen molar-refractivity contribution in [3.8, 4) is 0 Å². The number of hydrogen-bond donors (Lipinski definition) is 2. The van der Waals surface area contributed by atoms with Gasteiger partial charge in [0.05, 0.1) is 18.9 Å². The molecule has 2 aliphatic heterocycles. The first-order chi connectivity index (χ1) is 8.42. The van der Waals surface area contributed by atoms with Crippen molar-refractivity contribution in [2.24, 2.45) is 0 Å². The Labute approximate surface area is 101 Å². The van der Waals surface area contributed by atoms with E-state index in [9.17, 15) is 0 Å². The predicted octanol–water partition coefficient (Wildman–Crippen LogP) is 0.713. The topological polar surface area (TPSA) is 59.1 Å². The van der Waals surface area contributed by atoms with Crippen LogP contribution in [0.2, 0.25) is 0 Å². The first-order valence-electron chi connectivity index (χ1n) is 6.31. The number of fused-ring (bicyclic) bond motifs is 1. The van der Waals surface area contributed by atoms with E-state index in [1.807, 2.05) is 6.20 Å². The van der Waals surface area contributed by atoms with Gasteiger partial charge in [0.25, 0.3) is 0 Å². The Morgan fingerprint density at radius 2 is 2.53 bits per heavy atom. The Kier molecular flexibility index (Phi) is 3.20. The lowest BCUT2D eigenvalue weighted by molar-refractivity contribution is 0.109. The van der Waals surface area contributed by atoms with Gasteiger partial charge in [0.1, 0.15) is 0 Å². The number of hydrogen-bond acceptors (Lipinski definition) is 5. The minimum Gasteiger partial charge on any atom is -0.376 e. The van der Waals surface area contributed by atoms with E-state index in [-0.39, 0.29) is 0 Å². The summed E-state index contributed by atoms with van der Waals surface area (Å²) in [5.41, 5.74) is 2.26. The van der Waals surface area contributed by atoms with Gasteiger partial charge in [-0.25, -0.2) is 9.97 Å². The van der Waals surface area contributed by atoms with Crippen molar-refractivity contribution in [3.05, 3.63) is 17.5 Å². The number of rotatable bonds is 3. The lowest BCUT2D eigenvalue weighted by Crippen LogP contribution is -2.30. The standard InChI is InChI=1S/C12H18N4O/c1-2-10(13-4-1)7-15-12-14-6-9-8-17-5-3-11(9)16-12/h6,10,13H,1-5,7-8H2,(H,14,15,16). The minimum absolute atomic E-state index is 0.568. The molecule has 1 saturated heterocycles. The Balaban J connectivity index is 1.62. The van der Waals surface area contributed by atoms with Gasteiger partial charge in [-0.15, -0.1) is 0 Å². The molecule has 3 heterocycles. The van der Waals surface area contributed by atoms with Crippen molar-refractivity contribution in [2.45, 2.75) is 31.9 Å². The summed E-state index contributed by atoms with van der Waals surface area (Å²) >= 11 is 0. The Hall–Kier alpha value is -1.20. The molecule has 92 valence electrons. The van der Waals surface area contributed by atoms with Crippen molar-refractivity contribution in [1.29, 1.82) is 0 Å². The minimum atomic E-state index is 0.568. The predicted molar refractivity (Wildman–Crippen MR) is 64.9 cm³/mol. The highest BCUT2D eigenvalue weighted by Crippen LogP contribution is 2.15. The van der Waals surface area contributed by atoms with Gasteiger partial charge in [-0.05, 0) is 19.4 Å². The molecule has 0 amide bonds. The molecule has 1 fully saturated rings. The van der Waals surface area contributed by atoms with E-state index in [1.54, 1.807) is 0 Å². The molecule has 0 spiro atoms. The zero-order chi connectivity index (χ0) is 11.5. The van der Waals surface area contributed by atoms with E-state index >= 15 is 0 Å². The van der Waals surface area contributed by atoms with Crippen LogP contribution < -0.4 is 10.6 Å². The molecule has 0 radical (unpaired) electrons. The second-order valence-electron chi connectivity index (χ2n) is 4.64.